The molecule has 1 aromatic rings. The molecule has 0 bridgehead atoms. The Bertz CT molecular complexity index is 318. The number of hydrogen-bond acceptors (Lipinski definition) is 2. The van der Waals surface area contributed by atoms with Crippen molar-refractivity contribution in [1.82, 2.24) is 10.9 Å². The first-order valence-corrected chi connectivity index (χ1v) is 4.40. The Morgan fingerprint density at radius 3 is 2.29 bits per heavy atom. The van der Waals surface area contributed by atoms with Gasteiger partial charge in [0.15, 0.2) is 0 Å². The maximum Gasteiger partial charge on any atom is 1.00 e. The zero-order valence-corrected chi connectivity index (χ0v) is 12.5. The molecule has 14 heavy (non-hydrogen) atoms. The largest absolute Gasteiger partial charge is 1.00 e. The van der Waals surface area contributed by atoms with Gasteiger partial charge in [-0.1, -0.05) is 30.4 Å². The van der Waals surface area contributed by atoms with Crippen LogP contribution in [-0.4, -0.2) is 10.2 Å². The van der Waals surface area contributed by atoms with Crippen LogP contribution in [0.3, 0.4) is 0 Å². The first kappa shape index (κ1) is 14.6. The molecule has 0 radical (unpaired) electrons. The molecule has 0 aliphatic rings. The smallest absolute Gasteiger partial charge is 0.283 e. The first-order chi connectivity index (χ1) is 6.20. The second kappa shape index (κ2) is 7.81. The van der Waals surface area contributed by atoms with Crippen molar-refractivity contribution in [3.63, 3.8) is 0 Å². The van der Waals surface area contributed by atoms with E-state index in [9.17, 15) is 4.79 Å². The van der Waals surface area contributed by atoms with Gasteiger partial charge in [0.2, 0.25) is 0 Å². The molecule has 0 unspecified atom stereocenters. The van der Waals surface area contributed by atoms with E-state index < -0.39 is 0 Å². The molecule has 6 heteroatoms. The van der Waals surface area contributed by atoms with Crippen LogP contribution in [-0.2, 0) is 0 Å². The third-order valence-electron chi connectivity index (χ3n) is 1.32. The molecule has 0 heterocycles. The minimum Gasteiger partial charge on any atom is -0.283 e. The SMILES string of the molecule is O=C(NNC(=S)S)c1ccccc1.[K+]. The van der Waals surface area contributed by atoms with Crippen LogP contribution >= 0.6 is 24.8 Å². The van der Waals surface area contributed by atoms with Crippen molar-refractivity contribution < 1.29 is 56.2 Å². The van der Waals surface area contributed by atoms with Gasteiger partial charge in [0.25, 0.3) is 5.91 Å². The molecule has 0 saturated carbocycles. The number of amides is 1. The van der Waals surface area contributed by atoms with Crippen molar-refractivity contribution in [2.24, 2.45) is 0 Å². The zero-order chi connectivity index (χ0) is 9.68. The average molecular weight is 251 g/mol. The fraction of sp³-hybridized carbons (Fsp3) is 0. The van der Waals surface area contributed by atoms with Crippen LogP contribution in [0.1, 0.15) is 10.4 Å². The molecule has 0 aromatic heterocycles. The van der Waals surface area contributed by atoms with Gasteiger partial charge in [0, 0.05) is 5.56 Å². The molecule has 0 aliphatic heterocycles. The molecule has 2 N–H and O–H groups in total. The van der Waals surface area contributed by atoms with E-state index in [1.807, 2.05) is 6.07 Å². The van der Waals surface area contributed by atoms with E-state index in [2.05, 4.69) is 35.7 Å². The third kappa shape index (κ3) is 5.45. The van der Waals surface area contributed by atoms with E-state index in [1.54, 1.807) is 24.3 Å². The Labute approximate surface area is 136 Å². The van der Waals surface area contributed by atoms with Crippen molar-refractivity contribution in [2.45, 2.75) is 0 Å². The summed E-state index contributed by atoms with van der Waals surface area (Å²) in [4.78, 5) is 11.3. The van der Waals surface area contributed by atoms with Gasteiger partial charge in [-0.05, 0) is 12.1 Å². The molecule has 0 saturated heterocycles. The van der Waals surface area contributed by atoms with Crippen molar-refractivity contribution in [3.05, 3.63) is 35.9 Å². The van der Waals surface area contributed by atoms with E-state index in [-0.39, 0.29) is 61.6 Å². The van der Waals surface area contributed by atoms with Gasteiger partial charge in [-0.25, -0.2) is 0 Å². The summed E-state index contributed by atoms with van der Waals surface area (Å²) in [6, 6.07) is 8.83. The number of carbonyl (C=O) groups excluding carboxylic acids is 1. The van der Waals surface area contributed by atoms with Crippen LogP contribution < -0.4 is 62.2 Å². The maximum absolute atomic E-state index is 11.3. The summed E-state index contributed by atoms with van der Waals surface area (Å²) in [5, 5.41) is 0. The van der Waals surface area contributed by atoms with Crippen molar-refractivity contribution in [1.29, 1.82) is 0 Å². The molecule has 3 nitrogen and oxygen atoms in total. The van der Waals surface area contributed by atoms with Crippen LogP contribution in [0.5, 0.6) is 0 Å². The Morgan fingerprint density at radius 1 is 1.21 bits per heavy atom. The summed E-state index contributed by atoms with van der Waals surface area (Å²) in [6.07, 6.45) is 0. The van der Waals surface area contributed by atoms with Gasteiger partial charge in [0.05, 0.1) is 0 Å². The molecule has 0 fully saturated rings. The number of thiol groups is 1. The number of thiocarbonyl (C=S) groups is 1. The minimum absolute atomic E-state index is 0. The van der Waals surface area contributed by atoms with Crippen LogP contribution in [0.4, 0.5) is 0 Å². The third-order valence-corrected chi connectivity index (χ3v) is 1.53. The maximum atomic E-state index is 11.3. The Balaban J connectivity index is 0.00000169. The van der Waals surface area contributed by atoms with E-state index in [0.717, 1.165) is 0 Å². The molecule has 0 aliphatic carbocycles. The predicted molar refractivity (Wildman–Crippen MR) is 58.6 cm³/mol. The number of hydrogen-bond donors (Lipinski definition) is 3. The molecule has 68 valence electrons. The second-order valence-corrected chi connectivity index (χ2v) is 3.41. The van der Waals surface area contributed by atoms with Gasteiger partial charge >= 0.3 is 51.4 Å². The Hall–Kier alpha value is 0.566. The van der Waals surface area contributed by atoms with Gasteiger partial charge in [-0.3, -0.25) is 15.6 Å². The summed E-state index contributed by atoms with van der Waals surface area (Å²) >= 11 is 8.39. The fourth-order valence-corrected chi connectivity index (χ4v) is 0.879. The average Bonchev–Trinajstić information content (AvgIpc) is 2.15. The fourth-order valence-electron chi connectivity index (χ4n) is 0.772. The van der Waals surface area contributed by atoms with Gasteiger partial charge < -0.3 is 0 Å². The minimum atomic E-state index is -0.239. The van der Waals surface area contributed by atoms with Crippen molar-refractivity contribution in [2.75, 3.05) is 0 Å². The standard InChI is InChI=1S/C8H8N2OS2.K/c11-7(9-10-8(12)13)6-4-2-1-3-5-6;/h1-5H,(H,9,11)(H2,10,12,13);/q;+1. The van der Waals surface area contributed by atoms with Crippen molar-refractivity contribution >= 4 is 35.1 Å². The van der Waals surface area contributed by atoms with E-state index in [4.69, 9.17) is 0 Å². The molecule has 0 atom stereocenters. The molecule has 1 aromatic carbocycles. The van der Waals surface area contributed by atoms with Crippen LogP contribution in [0.2, 0.25) is 0 Å². The number of nitrogens with one attached hydrogen (secondary N) is 2. The molecular weight excluding hydrogens is 243 g/mol. The second-order valence-electron chi connectivity index (χ2n) is 2.25. The normalized spacial score (nSPS) is 8.36. The summed E-state index contributed by atoms with van der Waals surface area (Å²) in [6.45, 7) is 0. The van der Waals surface area contributed by atoms with E-state index in [1.165, 1.54) is 0 Å². The predicted octanol–water partition coefficient (Wildman–Crippen LogP) is -1.86. The number of benzene rings is 1. The van der Waals surface area contributed by atoms with E-state index in [0.29, 0.717) is 5.56 Å². The van der Waals surface area contributed by atoms with Gasteiger partial charge in [0.1, 0.15) is 4.32 Å². The summed E-state index contributed by atoms with van der Waals surface area (Å²) in [5.41, 5.74) is 5.40. The summed E-state index contributed by atoms with van der Waals surface area (Å²) in [7, 11) is 0. The Kier molecular flexibility index (Phi) is 8.12. The number of carbonyl (C=O) groups is 1. The van der Waals surface area contributed by atoms with Gasteiger partial charge in [-0.15, -0.1) is 12.6 Å². The summed E-state index contributed by atoms with van der Waals surface area (Å²) in [5.74, 6) is -0.239. The van der Waals surface area contributed by atoms with Crippen LogP contribution in [0, 0.1) is 0 Å². The van der Waals surface area contributed by atoms with Crippen LogP contribution in [0.15, 0.2) is 30.3 Å². The van der Waals surface area contributed by atoms with Crippen LogP contribution in [0.25, 0.3) is 0 Å². The first-order valence-electron chi connectivity index (χ1n) is 3.54. The molecular formula is C8H8KN2OS2+. The zero-order valence-electron chi connectivity index (χ0n) is 7.65. The Morgan fingerprint density at radius 2 is 1.79 bits per heavy atom. The summed E-state index contributed by atoms with van der Waals surface area (Å²) < 4.78 is 0.226. The topological polar surface area (TPSA) is 41.1 Å². The number of rotatable bonds is 1. The van der Waals surface area contributed by atoms with Crippen molar-refractivity contribution in [3.8, 4) is 0 Å². The number of hydrazine groups is 1. The molecule has 1 rings (SSSR count). The monoisotopic (exact) mass is 251 g/mol. The molecule has 0 spiro atoms. The van der Waals surface area contributed by atoms with E-state index >= 15 is 0 Å². The quantitative estimate of drug-likeness (QED) is 0.237. The van der Waals surface area contributed by atoms with Gasteiger partial charge in [-0.2, -0.15) is 0 Å². The molecule has 1 amide bonds.